The maximum absolute atomic E-state index is 11.7. The van der Waals surface area contributed by atoms with E-state index >= 15 is 0 Å². The standard InChI is InChI=1S/C15H11ClN2O2/c1-20-15(19)11-6-4-5-10-9-18(17-14(10)11)13-8-3-2-7-12(13)16/h2-9H,1H3. The summed E-state index contributed by atoms with van der Waals surface area (Å²) in [7, 11) is 1.35. The van der Waals surface area contributed by atoms with Crippen molar-refractivity contribution in [3.8, 4) is 5.69 Å². The molecule has 5 heteroatoms. The molecule has 100 valence electrons. The summed E-state index contributed by atoms with van der Waals surface area (Å²) in [5.41, 5.74) is 1.80. The molecule has 0 bridgehead atoms. The molecule has 0 aliphatic heterocycles. The van der Waals surface area contributed by atoms with Gasteiger partial charge < -0.3 is 4.74 Å². The second-order valence-electron chi connectivity index (χ2n) is 4.26. The molecule has 4 nitrogen and oxygen atoms in total. The van der Waals surface area contributed by atoms with Crippen molar-refractivity contribution < 1.29 is 9.53 Å². The largest absolute Gasteiger partial charge is 0.465 e. The van der Waals surface area contributed by atoms with E-state index in [4.69, 9.17) is 16.3 Å². The molecular formula is C15H11ClN2O2. The molecule has 0 amide bonds. The SMILES string of the molecule is COC(=O)c1cccc2cn(-c3ccccc3Cl)nc12. The van der Waals surface area contributed by atoms with Crippen LogP contribution < -0.4 is 0 Å². The van der Waals surface area contributed by atoms with Crippen LogP contribution in [0.25, 0.3) is 16.6 Å². The fraction of sp³-hybridized carbons (Fsp3) is 0.0667. The first kappa shape index (κ1) is 12.7. The molecule has 2 aromatic carbocycles. The van der Waals surface area contributed by atoms with Crippen molar-refractivity contribution in [3.05, 3.63) is 59.2 Å². The molecule has 0 atom stereocenters. The third-order valence-electron chi connectivity index (χ3n) is 3.04. The molecule has 0 radical (unpaired) electrons. The fourth-order valence-electron chi connectivity index (χ4n) is 2.08. The molecule has 20 heavy (non-hydrogen) atoms. The first-order valence-electron chi connectivity index (χ1n) is 6.02. The van der Waals surface area contributed by atoms with Crippen molar-refractivity contribution in [1.29, 1.82) is 0 Å². The van der Waals surface area contributed by atoms with Crippen LogP contribution in [0.15, 0.2) is 48.7 Å². The van der Waals surface area contributed by atoms with E-state index in [0.717, 1.165) is 11.1 Å². The van der Waals surface area contributed by atoms with Gasteiger partial charge in [-0.15, -0.1) is 0 Å². The predicted octanol–water partition coefficient (Wildman–Crippen LogP) is 3.47. The maximum Gasteiger partial charge on any atom is 0.340 e. The van der Waals surface area contributed by atoms with E-state index in [9.17, 15) is 4.79 Å². The van der Waals surface area contributed by atoms with E-state index < -0.39 is 5.97 Å². The molecule has 0 spiro atoms. The van der Waals surface area contributed by atoms with Crippen LogP contribution in [0.1, 0.15) is 10.4 Å². The number of carbonyl (C=O) groups excluding carboxylic acids is 1. The van der Waals surface area contributed by atoms with Gasteiger partial charge in [-0.25, -0.2) is 9.48 Å². The highest BCUT2D eigenvalue weighted by Crippen LogP contribution is 2.23. The summed E-state index contributed by atoms with van der Waals surface area (Å²) < 4.78 is 6.43. The van der Waals surface area contributed by atoms with Gasteiger partial charge in [0, 0.05) is 11.6 Å². The van der Waals surface area contributed by atoms with Crippen molar-refractivity contribution in [2.45, 2.75) is 0 Å². The number of ether oxygens (including phenoxy) is 1. The minimum Gasteiger partial charge on any atom is -0.465 e. The predicted molar refractivity (Wildman–Crippen MR) is 77.4 cm³/mol. The fourth-order valence-corrected chi connectivity index (χ4v) is 2.30. The minimum absolute atomic E-state index is 0.403. The Hall–Kier alpha value is -2.33. The lowest BCUT2D eigenvalue weighted by atomic mass is 10.1. The third kappa shape index (κ3) is 2.04. The van der Waals surface area contributed by atoms with Crippen molar-refractivity contribution in [2.24, 2.45) is 0 Å². The average molecular weight is 287 g/mol. The molecule has 3 rings (SSSR count). The second kappa shape index (κ2) is 4.98. The Kier molecular flexibility index (Phi) is 3.16. The molecule has 1 aromatic heterocycles. The number of hydrogen-bond donors (Lipinski definition) is 0. The van der Waals surface area contributed by atoms with E-state index in [1.807, 2.05) is 30.5 Å². The number of carbonyl (C=O) groups is 1. The number of para-hydroxylation sites is 1. The third-order valence-corrected chi connectivity index (χ3v) is 3.36. The van der Waals surface area contributed by atoms with Gasteiger partial charge in [-0.1, -0.05) is 35.9 Å². The Morgan fingerprint density at radius 3 is 2.75 bits per heavy atom. The number of nitrogens with zero attached hydrogens (tertiary/aromatic N) is 2. The van der Waals surface area contributed by atoms with E-state index in [1.165, 1.54) is 7.11 Å². The van der Waals surface area contributed by atoms with Gasteiger partial charge in [0.15, 0.2) is 0 Å². The first-order valence-corrected chi connectivity index (χ1v) is 6.40. The molecular weight excluding hydrogens is 276 g/mol. The Morgan fingerprint density at radius 1 is 1.20 bits per heavy atom. The molecule has 3 aromatic rings. The normalized spacial score (nSPS) is 10.7. The Balaban J connectivity index is 2.21. The van der Waals surface area contributed by atoms with Crippen molar-refractivity contribution in [1.82, 2.24) is 9.78 Å². The maximum atomic E-state index is 11.7. The van der Waals surface area contributed by atoms with Gasteiger partial charge in [-0.2, -0.15) is 5.10 Å². The highest BCUT2D eigenvalue weighted by molar-refractivity contribution is 6.32. The molecule has 1 heterocycles. The van der Waals surface area contributed by atoms with Gasteiger partial charge in [0.2, 0.25) is 0 Å². The highest BCUT2D eigenvalue weighted by atomic mass is 35.5. The van der Waals surface area contributed by atoms with Crippen molar-refractivity contribution >= 4 is 28.5 Å². The van der Waals surface area contributed by atoms with Gasteiger partial charge in [0.25, 0.3) is 0 Å². The van der Waals surface area contributed by atoms with Gasteiger partial charge in [-0.3, -0.25) is 0 Å². The Bertz CT molecular complexity index is 795. The van der Waals surface area contributed by atoms with E-state index in [2.05, 4.69) is 5.10 Å². The number of methoxy groups -OCH3 is 1. The summed E-state index contributed by atoms with van der Waals surface area (Å²) in [4.78, 5) is 11.7. The van der Waals surface area contributed by atoms with Gasteiger partial charge >= 0.3 is 5.97 Å². The second-order valence-corrected chi connectivity index (χ2v) is 4.67. The van der Waals surface area contributed by atoms with Crippen LogP contribution in [-0.2, 0) is 4.74 Å². The molecule has 0 aliphatic rings. The van der Waals surface area contributed by atoms with Crippen molar-refractivity contribution in [3.63, 3.8) is 0 Å². The number of esters is 1. The number of fused-ring (bicyclic) bond motifs is 1. The highest BCUT2D eigenvalue weighted by Gasteiger charge is 2.14. The Labute approximate surface area is 120 Å². The smallest absolute Gasteiger partial charge is 0.340 e. The number of hydrogen-bond acceptors (Lipinski definition) is 3. The topological polar surface area (TPSA) is 44.1 Å². The Morgan fingerprint density at radius 2 is 2.00 bits per heavy atom. The zero-order chi connectivity index (χ0) is 14.1. The molecule has 0 fully saturated rings. The van der Waals surface area contributed by atoms with Crippen LogP contribution in [0, 0.1) is 0 Å². The zero-order valence-corrected chi connectivity index (χ0v) is 11.5. The van der Waals surface area contributed by atoms with Crippen LogP contribution in [0.3, 0.4) is 0 Å². The lowest BCUT2D eigenvalue weighted by Crippen LogP contribution is -2.02. The van der Waals surface area contributed by atoms with E-state index in [1.54, 1.807) is 22.9 Å². The molecule has 0 unspecified atom stereocenters. The quantitative estimate of drug-likeness (QED) is 0.678. The number of benzene rings is 2. The van der Waals surface area contributed by atoms with Gasteiger partial charge in [-0.05, 0) is 18.2 Å². The monoisotopic (exact) mass is 286 g/mol. The summed E-state index contributed by atoms with van der Waals surface area (Å²) in [6.07, 6.45) is 1.84. The van der Waals surface area contributed by atoms with Crippen LogP contribution in [0.4, 0.5) is 0 Å². The van der Waals surface area contributed by atoms with Gasteiger partial charge in [0.1, 0.15) is 5.52 Å². The number of rotatable bonds is 2. The molecule has 0 saturated carbocycles. The van der Waals surface area contributed by atoms with E-state index in [-0.39, 0.29) is 0 Å². The lowest BCUT2D eigenvalue weighted by Gasteiger charge is -2.02. The van der Waals surface area contributed by atoms with Crippen LogP contribution >= 0.6 is 11.6 Å². The lowest BCUT2D eigenvalue weighted by molar-refractivity contribution is 0.0602. The zero-order valence-electron chi connectivity index (χ0n) is 10.7. The molecule has 0 aliphatic carbocycles. The van der Waals surface area contributed by atoms with Crippen LogP contribution in [0.5, 0.6) is 0 Å². The first-order chi connectivity index (χ1) is 9.70. The summed E-state index contributed by atoms with van der Waals surface area (Å²) in [6.45, 7) is 0. The van der Waals surface area contributed by atoms with Gasteiger partial charge in [0.05, 0.1) is 23.4 Å². The summed E-state index contributed by atoms with van der Waals surface area (Å²) >= 11 is 6.16. The summed E-state index contributed by atoms with van der Waals surface area (Å²) in [5, 5.41) is 5.90. The molecule has 0 N–H and O–H groups in total. The molecule has 0 saturated heterocycles. The summed E-state index contributed by atoms with van der Waals surface area (Å²) in [6, 6.07) is 12.8. The van der Waals surface area contributed by atoms with Crippen LogP contribution in [-0.4, -0.2) is 22.9 Å². The van der Waals surface area contributed by atoms with Crippen LogP contribution in [0.2, 0.25) is 5.02 Å². The average Bonchev–Trinajstić information content (AvgIpc) is 2.90. The number of halogens is 1. The van der Waals surface area contributed by atoms with E-state index in [0.29, 0.717) is 16.1 Å². The minimum atomic E-state index is -0.403. The summed E-state index contributed by atoms with van der Waals surface area (Å²) in [5.74, 6) is -0.403. The number of aromatic nitrogens is 2. The van der Waals surface area contributed by atoms with Crippen molar-refractivity contribution in [2.75, 3.05) is 7.11 Å².